The topological polar surface area (TPSA) is 70.3 Å². The van der Waals surface area contributed by atoms with E-state index < -0.39 is 5.97 Å². The van der Waals surface area contributed by atoms with Gasteiger partial charge in [-0.25, -0.2) is 0 Å². The summed E-state index contributed by atoms with van der Waals surface area (Å²) in [6, 6.07) is 14.5. The van der Waals surface area contributed by atoms with E-state index in [0.717, 1.165) is 21.8 Å². The number of halogens is 1. The molecule has 2 aromatic carbocycles. The molecule has 0 radical (unpaired) electrons. The van der Waals surface area contributed by atoms with Crippen LogP contribution in [0.5, 0.6) is 0 Å². The van der Waals surface area contributed by atoms with Crippen LogP contribution >= 0.6 is 11.6 Å². The van der Waals surface area contributed by atoms with Crippen LogP contribution < -0.4 is 5.56 Å². The summed E-state index contributed by atoms with van der Waals surface area (Å²) in [5, 5.41) is 2.11. The van der Waals surface area contributed by atoms with Crippen molar-refractivity contribution in [2.45, 2.75) is 12.8 Å². The van der Waals surface area contributed by atoms with Gasteiger partial charge in [-0.05, 0) is 30.3 Å². The van der Waals surface area contributed by atoms with Crippen LogP contribution in [-0.2, 0) is 16.6 Å². The summed E-state index contributed by atoms with van der Waals surface area (Å²) >= 11 is 6.15. The zero-order valence-electron chi connectivity index (χ0n) is 16.5. The van der Waals surface area contributed by atoms with E-state index >= 15 is 0 Å². The van der Waals surface area contributed by atoms with Crippen molar-refractivity contribution in [1.82, 2.24) is 9.13 Å². The molecule has 0 amide bonds. The van der Waals surface area contributed by atoms with Gasteiger partial charge in [0.05, 0.1) is 24.6 Å². The van der Waals surface area contributed by atoms with Crippen molar-refractivity contribution >= 4 is 45.2 Å². The number of fused-ring (bicyclic) bond motifs is 2. The number of pyridine rings is 1. The molecule has 2 aromatic heterocycles. The first-order valence-electron chi connectivity index (χ1n) is 9.40. The van der Waals surface area contributed by atoms with Gasteiger partial charge in [-0.3, -0.25) is 14.4 Å². The van der Waals surface area contributed by atoms with Gasteiger partial charge in [-0.15, -0.1) is 0 Å². The van der Waals surface area contributed by atoms with Crippen LogP contribution in [0.25, 0.3) is 27.5 Å². The molecule has 0 saturated carbocycles. The second kappa shape index (κ2) is 7.80. The fourth-order valence-corrected chi connectivity index (χ4v) is 3.84. The molecule has 0 fully saturated rings. The van der Waals surface area contributed by atoms with E-state index in [0.29, 0.717) is 16.3 Å². The Bertz CT molecular complexity index is 1370. The summed E-state index contributed by atoms with van der Waals surface area (Å²) in [5.74, 6) is -0.622. The number of para-hydroxylation sites is 1. The lowest BCUT2D eigenvalue weighted by atomic mass is 10.1. The number of carbonyl (C=O) groups is 2. The van der Waals surface area contributed by atoms with E-state index in [4.69, 9.17) is 11.6 Å². The second-order valence-electron chi connectivity index (χ2n) is 7.03. The molecule has 6 nitrogen and oxygen atoms in total. The molecule has 2 heterocycles. The highest BCUT2D eigenvalue weighted by Gasteiger charge is 2.19. The van der Waals surface area contributed by atoms with Crippen LogP contribution in [-0.4, -0.2) is 28.0 Å². The smallest absolute Gasteiger partial charge is 0.305 e. The Morgan fingerprint density at radius 2 is 1.80 bits per heavy atom. The van der Waals surface area contributed by atoms with Gasteiger partial charge in [0.25, 0.3) is 5.56 Å². The van der Waals surface area contributed by atoms with Gasteiger partial charge in [0, 0.05) is 41.0 Å². The molecule has 0 spiro atoms. The zero-order chi connectivity index (χ0) is 21.4. The lowest BCUT2D eigenvalue weighted by Crippen LogP contribution is -2.22. The summed E-state index contributed by atoms with van der Waals surface area (Å²) in [6.07, 6.45) is 1.70. The molecule has 30 heavy (non-hydrogen) atoms. The van der Waals surface area contributed by atoms with Crippen LogP contribution in [0.15, 0.2) is 59.5 Å². The summed E-state index contributed by atoms with van der Waals surface area (Å²) in [7, 11) is 3.00. The number of aryl methyl sites for hydroxylation is 1. The third kappa shape index (κ3) is 3.39. The van der Waals surface area contributed by atoms with Gasteiger partial charge < -0.3 is 13.9 Å². The first-order valence-corrected chi connectivity index (χ1v) is 9.78. The molecular weight excluding hydrogens is 404 g/mol. The van der Waals surface area contributed by atoms with Crippen LogP contribution in [0, 0.1) is 0 Å². The number of hydrogen-bond donors (Lipinski definition) is 0. The molecule has 0 aliphatic heterocycles. The van der Waals surface area contributed by atoms with Crippen LogP contribution in [0.2, 0.25) is 5.02 Å². The van der Waals surface area contributed by atoms with E-state index in [9.17, 15) is 14.4 Å². The quantitative estimate of drug-likeness (QED) is 0.355. The minimum Gasteiger partial charge on any atom is -0.469 e. The van der Waals surface area contributed by atoms with E-state index in [1.807, 2.05) is 24.3 Å². The molecule has 0 saturated heterocycles. The summed E-state index contributed by atoms with van der Waals surface area (Å²) in [4.78, 5) is 37.4. The van der Waals surface area contributed by atoms with Crippen LogP contribution in [0.4, 0.5) is 0 Å². The summed E-state index contributed by atoms with van der Waals surface area (Å²) in [5.41, 5.74) is 2.17. The Hall–Kier alpha value is -3.38. The van der Waals surface area contributed by atoms with Gasteiger partial charge >= 0.3 is 5.97 Å². The number of nitrogens with zero attached hydrogens (tertiary/aromatic N) is 2. The monoisotopic (exact) mass is 422 g/mol. The normalized spacial score (nSPS) is 11.2. The standard InChI is InChI=1S/C23H19ClN2O4/c1-25-18-8-7-15(24)11-14(18)12-20(23(25)29)26-13-17(16-5-3-4-6-19(16)26)21(27)9-10-22(28)30-2/h3-8,11-13H,9-10H2,1-2H3. The summed E-state index contributed by atoms with van der Waals surface area (Å²) < 4.78 is 7.92. The largest absolute Gasteiger partial charge is 0.469 e. The SMILES string of the molecule is COC(=O)CCC(=O)c1cn(-c2cc3cc(Cl)ccc3n(C)c2=O)c2ccccc12. The van der Waals surface area contributed by atoms with Gasteiger partial charge in [0.15, 0.2) is 5.78 Å². The number of hydrogen-bond acceptors (Lipinski definition) is 4. The van der Waals surface area contributed by atoms with Gasteiger partial charge in [0.2, 0.25) is 0 Å². The fraction of sp³-hybridized carbons (Fsp3) is 0.174. The van der Waals surface area contributed by atoms with E-state index in [1.165, 1.54) is 7.11 Å². The second-order valence-corrected chi connectivity index (χ2v) is 7.46. The number of aromatic nitrogens is 2. The predicted molar refractivity (Wildman–Crippen MR) is 117 cm³/mol. The Morgan fingerprint density at radius 3 is 2.57 bits per heavy atom. The Kier molecular flexibility index (Phi) is 5.18. The first kappa shape index (κ1) is 19.9. The number of esters is 1. The van der Waals surface area contributed by atoms with Crippen LogP contribution in [0.1, 0.15) is 23.2 Å². The van der Waals surface area contributed by atoms with E-state index in [2.05, 4.69) is 4.74 Å². The lowest BCUT2D eigenvalue weighted by molar-refractivity contribution is -0.140. The lowest BCUT2D eigenvalue weighted by Gasteiger charge is -2.11. The highest BCUT2D eigenvalue weighted by atomic mass is 35.5. The number of ether oxygens (including phenoxy) is 1. The van der Waals surface area contributed by atoms with Crippen molar-refractivity contribution < 1.29 is 14.3 Å². The highest BCUT2D eigenvalue weighted by Crippen LogP contribution is 2.27. The number of rotatable bonds is 5. The average molecular weight is 423 g/mol. The van der Waals surface area contributed by atoms with Crippen molar-refractivity contribution in [3.05, 3.63) is 75.7 Å². The molecular formula is C23H19ClN2O4. The fourth-order valence-electron chi connectivity index (χ4n) is 3.66. The van der Waals surface area contributed by atoms with Gasteiger partial charge in [-0.1, -0.05) is 29.8 Å². The zero-order valence-corrected chi connectivity index (χ0v) is 17.3. The number of ketones is 1. The maximum atomic E-state index is 13.1. The Labute approximate surface area is 177 Å². The highest BCUT2D eigenvalue weighted by molar-refractivity contribution is 6.31. The van der Waals surface area contributed by atoms with E-state index in [-0.39, 0.29) is 24.2 Å². The minimum atomic E-state index is -0.438. The molecule has 152 valence electrons. The predicted octanol–water partition coefficient (Wildman–Crippen LogP) is 4.27. The van der Waals surface area contributed by atoms with Gasteiger partial charge in [0.1, 0.15) is 5.69 Å². The van der Waals surface area contributed by atoms with Crippen molar-refractivity contribution in [1.29, 1.82) is 0 Å². The molecule has 4 aromatic rings. The molecule has 4 rings (SSSR count). The molecule has 0 bridgehead atoms. The Morgan fingerprint density at radius 1 is 1.03 bits per heavy atom. The number of benzene rings is 2. The number of methoxy groups -OCH3 is 1. The third-order valence-electron chi connectivity index (χ3n) is 5.22. The van der Waals surface area contributed by atoms with Crippen molar-refractivity contribution in [2.75, 3.05) is 7.11 Å². The maximum Gasteiger partial charge on any atom is 0.305 e. The van der Waals surface area contributed by atoms with Crippen molar-refractivity contribution in [2.24, 2.45) is 7.05 Å². The molecule has 0 atom stereocenters. The molecule has 0 aliphatic rings. The molecule has 0 unspecified atom stereocenters. The van der Waals surface area contributed by atoms with Crippen molar-refractivity contribution in [3.8, 4) is 5.69 Å². The van der Waals surface area contributed by atoms with Crippen LogP contribution in [0.3, 0.4) is 0 Å². The first-order chi connectivity index (χ1) is 14.4. The van der Waals surface area contributed by atoms with Gasteiger partial charge in [-0.2, -0.15) is 0 Å². The molecule has 0 aliphatic carbocycles. The average Bonchev–Trinajstić information content (AvgIpc) is 3.13. The maximum absolute atomic E-state index is 13.1. The number of Topliss-reactive ketones (excluding diaryl/α,β-unsaturated/α-hetero) is 1. The molecule has 0 N–H and O–H groups in total. The van der Waals surface area contributed by atoms with E-state index in [1.54, 1.807) is 46.6 Å². The Balaban J connectivity index is 1.90. The molecule has 7 heteroatoms. The van der Waals surface area contributed by atoms with Crippen molar-refractivity contribution in [3.63, 3.8) is 0 Å². The minimum absolute atomic E-state index is 0.00504. The third-order valence-corrected chi connectivity index (χ3v) is 5.46. The summed E-state index contributed by atoms with van der Waals surface area (Å²) in [6.45, 7) is 0. The number of carbonyl (C=O) groups excluding carboxylic acids is 2.